The van der Waals surface area contributed by atoms with E-state index < -0.39 is 70.3 Å². The summed E-state index contributed by atoms with van der Waals surface area (Å²) in [5.41, 5.74) is -9.39. The Morgan fingerprint density at radius 3 is 1.06 bits per heavy atom. The predicted molar refractivity (Wildman–Crippen MR) is 87.6 cm³/mol. The lowest BCUT2D eigenvalue weighted by molar-refractivity contribution is -0.145. The predicted octanol–water partition coefficient (Wildman–Crippen LogP) is 7.18. The fourth-order valence-corrected chi connectivity index (χ4v) is 2.92. The molecule has 2 nitrogen and oxygen atoms in total. The first kappa shape index (κ1) is 26.8. The van der Waals surface area contributed by atoms with Crippen molar-refractivity contribution in [3.8, 4) is 0 Å². The van der Waals surface area contributed by atoms with Gasteiger partial charge in [-0.15, -0.1) is 0 Å². The SMILES string of the molecule is CO[C@H](c1cc(C(F)(F)F)cc(C(F)(F)F)c1)[C@H](O)c1cc(C(F)(F)F)cc(C(F)(F)F)c1. The zero-order chi connectivity index (χ0) is 25.6. The summed E-state index contributed by atoms with van der Waals surface area (Å²) < 4.78 is 161. The highest BCUT2D eigenvalue weighted by Gasteiger charge is 2.40. The first-order valence-electron chi connectivity index (χ1n) is 8.54. The van der Waals surface area contributed by atoms with Crippen molar-refractivity contribution in [3.63, 3.8) is 0 Å². The van der Waals surface area contributed by atoms with Crippen molar-refractivity contribution in [3.05, 3.63) is 69.8 Å². The summed E-state index contributed by atoms with van der Waals surface area (Å²) in [7, 11) is 0.694. The second kappa shape index (κ2) is 8.70. The molecule has 0 radical (unpaired) electrons. The summed E-state index contributed by atoms with van der Waals surface area (Å²) in [4.78, 5) is 0. The molecule has 14 heteroatoms. The number of aliphatic hydroxyl groups excluding tert-OH is 1. The fraction of sp³-hybridized carbons (Fsp3) is 0.368. The van der Waals surface area contributed by atoms with Gasteiger partial charge in [-0.25, -0.2) is 0 Å². The van der Waals surface area contributed by atoms with E-state index in [1.54, 1.807) is 0 Å². The van der Waals surface area contributed by atoms with E-state index in [4.69, 9.17) is 4.74 Å². The van der Waals surface area contributed by atoms with Gasteiger partial charge in [0.1, 0.15) is 12.2 Å². The number of alkyl halides is 12. The number of aliphatic hydroxyl groups is 1. The largest absolute Gasteiger partial charge is 0.416 e. The Bertz CT molecular complexity index is 922. The maximum Gasteiger partial charge on any atom is 0.416 e. The van der Waals surface area contributed by atoms with Crippen LogP contribution in [0.1, 0.15) is 45.6 Å². The average molecular weight is 500 g/mol. The van der Waals surface area contributed by atoms with E-state index in [0.29, 0.717) is 7.11 Å². The highest BCUT2D eigenvalue weighted by molar-refractivity contribution is 5.39. The van der Waals surface area contributed by atoms with Crippen LogP contribution < -0.4 is 0 Å². The number of methoxy groups -OCH3 is 1. The molecule has 0 aliphatic heterocycles. The minimum atomic E-state index is -5.31. The fourth-order valence-electron chi connectivity index (χ4n) is 2.92. The number of halogens is 12. The molecule has 2 atom stereocenters. The maximum absolute atomic E-state index is 13.1. The van der Waals surface area contributed by atoms with E-state index in [-0.39, 0.29) is 36.4 Å². The normalized spacial score (nSPS) is 15.5. The lowest BCUT2D eigenvalue weighted by atomic mass is 9.92. The third-order valence-corrected chi connectivity index (χ3v) is 4.43. The van der Waals surface area contributed by atoms with Crippen molar-refractivity contribution in [2.75, 3.05) is 7.11 Å². The minimum absolute atomic E-state index is 0.0875. The Morgan fingerprint density at radius 2 is 0.818 bits per heavy atom. The van der Waals surface area contributed by atoms with E-state index in [1.807, 2.05) is 0 Å². The molecule has 1 N–H and O–H groups in total. The molecule has 2 aromatic carbocycles. The van der Waals surface area contributed by atoms with Crippen LogP contribution in [0.4, 0.5) is 52.7 Å². The Balaban J connectivity index is 2.69. The maximum atomic E-state index is 13.1. The van der Waals surface area contributed by atoms with Crippen LogP contribution in [-0.2, 0) is 29.4 Å². The molecular formula is C19H12F12O2. The van der Waals surface area contributed by atoms with E-state index in [9.17, 15) is 57.8 Å². The summed E-state index contributed by atoms with van der Waals surface area (Å²) in [6.45, 7) is 0. The molecule has 33 heavy (non-hydrogen) atoms. The zero-order valence-corrected chi connectivity index (χ0v) is 16.0. The van der Waals surface area contributed by atoms with Crippen LogP contribution in [0.3, 0.4) is 0 Å². The van der Waals surface area contributed by atoms with E-state index >= 15 is 0 Å². The number of ether oxygens (including phenoxy) is 1. The van der Waals surface area contributed by atoms with Crippen LogP contribution in [0.15, 0.2) is 36.4 Å². The Morgan fingerprint density at radius 1 is 0.545 bits per heavy atom. The van der Waals surface area contributed by atoms with Crippen molar-refractivity contribution in [2.45, 2.75) is 36.9 Å². The standard InChI is InChI=1S/C19H12F12O2/c1-33-15(9-4-12(18(26,27)28)7-13(5-9)19(29,30)31)14(32)8-2-10(16(20,21)22)6-11(3-8)17(23,24)25/h2-7,14-15,32H,1H3/t14-,15-/m1/s1. The number of hydrogen-bond donors (Lipinski definition) is 1. The van der Waals surface area contributed by atoms with Gasteiger partial charge in [0.25, 0.3) is 0 Å². The Labute approximate surface area is 177 Å². The van der Waals surface area contributed by atoms with Gasteiger partial charge in [-0.3, -0.25) is 0 Å². The summed E-state index contributed by atoms with van der Waals surface area (Å²) >= 11 is 0. The van der Waals surface area contributed by atoms with Gasteiger partial charge in [0.2, 0.25) is 0 Å². The van der Waals surface area contributed by atoms with Crippen molar-refractivity contribution in [2.24, 2.45) is 0 Å². The lowest BCUT2D eigenvalue weighted by Gasteiger charge is -2.25. The third kappa shape index (κ3) is 6.31. The number of benzene rings is 2. The van der Waals surface area contributed by atoms with Gasteiger partial charge < -0.3 is 9.84 Å². The molecule has 2 aromatic rings. The third-order valence-electron chi connectivity index (χ3n) is 4.43. The van der Waals surface area contributed by atoms with Crippen LogP contribution in [0.2, 0.25) is 0 Å². The van der Waals surface area contributed by atoms with Gasteiger partial charge >= 0.3 is 24.7 Å². The Kier molecular flexibility index (Phi) is 7.06. The van der Waals surface area contributed by atoms with Gasteiger partial charge in [0, 0.05) is 7.11 Å². The first-order valence-corrected chi connectivity index (χ1v) is 8.54. The highest BCUT2D eigenvalue weighted by atomic mass is 19.4. The zero-order valence-electron chi connectivity index (χ0n) is 16.0. The second-order valence-electron chi connectivity index (χ2n) is 6.78. The highest BCUT2D eigenvalue weighted by Crippen LogP contribution is 2.43. The summed E-state index contributed by atoms with van der Waals surface area (Å²) in [6.07, 6.45) is -25.9. The summed E-state index contributed by atoms with van der Waals surface area (Å²) in [5, 5.41) is 10.4. The smallest absolute Gasteiger partial charge is 0.385 e. The molecule has 2 rings (SSSR count). The van der Waals surface area contributed by atoms with Gasteiger partial charge in [-0.1, -0.05) is 0 Å². The van der Waals surface area contributed by atoms with Crippen molar-refractivity contribution < 1.29 is 62.5 Å². The van der Waals surface area contributed by atoms with Crippen LogP contribution in [0.25, 0.3) is 0 Å². The van der Waals surface area contributed by atoms with Gasteiger partial charge in [0.05, 0.1) is 22.3 Å². The van der Waals surface area contributed by atoms with E-state index in [1.165, 1.54) is 0 Å². The molecule has 0 saturated heterocycles. The van der Waals surface area contributed by atoms with Crippen LogP contribution in [-0.4, -0.2) is 12.2 Å². The molecule has 184 valence electrons. The van der Waals surface area contributed by atoms with Gasteiger partial charge in [-0.05, 0) is 47.5 Å². The monoisotopic (exact) mass is 500 g/mol. The van der Waals surface area contributed by atoms with Crippen LogP contribution in [0.5, 0.6) is 0 Å². The molecule has 0 fully saturated rings. The van der Waals surface area contributed by atoms with Gasteiger partial charge in [0.15, 0.2) is 0 Å². The molecule has 0 aliphatic rings. The molecule has 0 amide bonds. The molecule has 0 unspecified atom stereocenters. The van der Waals surface area contributed by atoms with Crippen LogP contribution in [0, 0.1) is 0 Å². The minimum Gasteiger partial charge on any atom is -0.385 e. The number of hydrogen-bond acceptors (Lipinski definition) is 2. The lowest BCUT2D eigenvalue weighted by Crippen LogP contribution is -2.19. The molecular weight excluding hydrogens is 488 g/mol. The topological polar surface area (TPSA) is 29.5 Å². The van der Waals surface area contributed by atoms with E-state index in [2.05, 4.69) is 0 Å². The van der Waals surface area contributed by atoms with Crippen molar-refractivity contribution in [1.82, 2.24) is 0 Å². The summed E-state index contributed by atoms with van der Waals surface area (Å²) in [6, 6.07) is -0.0388. The Hall–Kier alpha value is -2.48. The average Bonchev–Trinajstić information content (AvgIpc) is 2.65. The van der Waals surface area contributed by atoms with E-state index in [0.717, 1.165) is 0 Å². The van der Waals surface area contributed by atoms with Crippen LogP contribution >= 0.6 is 0 Å². The quantitative estimate of drug-likeness (QED) is 0.451. The van der Waals surface area contributed by atoms with Gasteiger partial charge in [-0.2, -0.15) is 52.7 Å². The molecule has 0 spiro atoms. The summed E-state index contributed by atoms with van der Waals surface area (Å²) in [5.74, 6) is 0. The molecule has 0 aliphatic carbocycles. The second-order valence-corrected chi connectivity index (χ2v) is 6.78. The molecule has 0 saturated carbocycles. The molecule has 0 bridgehead atoms. The molecule has 0 heterocycles. The van der Waals surface area contributed by atoms with Crippen molar-refractivity contribution >= 4 is 0 Å². The first-order chi connectivity index (χ1) is 14.7. The molecule has 0 aromatic heterocycles. The number of rotatable bonds is 4. The van der Waals surface area contributed by atoms with Crippen molar-refractivity contribution in [1.29, 1.82) is 0 Å².